The van der Waals surface area contributed by atoms with Crippen LogP contribution in [0.5, 0.6) is 5.75 Å². The molecule has 0 saturated carbocycles. The van der Waals surface area contributed by atoms with Crippen molar-refractivity contribution in [2.45, 2.75) is 32.7 Å². The third-order valence-corrected chi connectivity index (χ3v) is 3.63. The molecule has 0 aliphatic rings. The van der Waals surface area contributed by atoms with E-state index in [0.29, 0.717) is 6.61 Å². The summed E-state index contributed by atoms with van der Waals surface area (Å²) in [7, 11) is 0. The summed E-state index contributed by atoms with van der Waals surface area (Å²) in [6, 6.07) is 10.2. The molecule has 20 heavy (non-hydrogen) atoms. The minimum atomic E-state index is 0. The lowest BCUT2D eigenvalue weighted by atomic mass is 9.99. The molecule has 0 radical (unpaired) electrons. The zero-order chi connectivity index (χ0) is 13.8. The van der Waals surface area contributed by atoms with Gasteiger partial charge in [-0.3, -0.25) is 0 Å². The Morgan fingerprint density at radius 1 is 1.20 bits per heavy atom. The Balaban J connectivity index is 0.00000200. The molecule has 2 aromatic carbocycles. The van der Waals surface area contributed by atoms with Crippen molar-refractivity contribution in [3.63, 3.8) is 0 Å². The fourth-order valence-corrected chi connectivity index (χ4v) is 2.55. The van der Waals surface area contributed by atoms with Crippen LogP contribution >= 0.6 is 24.0 Å². The molecule has 0 spiro atoms. The maximum absolute atomic E-state index is 6.36. The largest absolute Gasteiger partial charge is 0.493 e. The van der Waals surface area contributed by atoms with Crippen molar-refractivity contribution < 1.29 is 4.74 Å². The van der Waals surface area contributed by atoms with Gasteiger partial charge in [-0.25, -0.2) is 0 Å². The normalized spacial score (nSPS) is 12.0. The van der Waals surface area contributed by atoms with Crippen LogP contribution in [0.2, 0.25) is 5.02 Å². The Bertz CT molecular complexity index is 572. The highest BCUT2D eigenvalue weighted by Crippen LogP contribution is 2.35. The van der Waals surface area contributed by atoms with E-state index >= 15 is 0 Å². The Morgan fingerprint density at radius 3 is 2.45 bits per heavy atom. The molecule has 2 aromatic rings. The van der Waals surface area contributed by atoms with Gasteiger partial charge in [-0.1, -0.05) is 42.8 Å². The molecule has 0 aliphatic heterocycles. The number of fused-ring (bicyclic) bond motifs is 1. The number of ether oxygens (including phenoxy) is 1. The zero-order valence-electron chi connectivity index (χ0n) is 11.9. The molecule has 1 atom stereocenters. The van der Waals surface area contributed by atoms with Crippen molar-refractivity contribution in [1.82, 2.24) is 0 Å². The molecule has 4 heteroatoms. The van der Waals surface area contributed by atoms with E-state index in [4.69, 9.17) is 22.1 Å². The second kappa shape index (κ2) is 7.72. The standard InChI is InChI=1S/C16H20ClNO.ClH/c1-3-12(18)9-11-10-15(17)13-7-5-6-8-14(13)16(11)19-4-2;/h5-8,10,12H,3-4,9,18H2,1-2H3;1H. The summed E-state index contributed by atoms with van der Waals surface area (Å²) in [5.74, 6) is 0.923. The Labute approximate surface area is 131 Å². The SMILES string of the molecule is CCOc1c(CC(N)CC)cc(Cl)c2ccccc12.Cl. The third kappa shape index (κ3) is 3.57. The van der Waals surface area contributed by atoms with E-state index in [1.165, 1.54) is 0 Å². The number of halogens is 2. The third-order valence-electron chi connectivity index (χ3n) is 3.32. The molecule has 0 amide bonds. The molecule has 0 aromatic heterocycles. The summed E-state index contributed by atoms with van der Waals surface area (Å²) in [5.41, 5.74) is 7.16. The van der Waals surface area contributed by atoms with Gasteiger partial charge >= 0.3 is 0 Å². The van der Waals surface area contributed by atoms with Crippen LogP contribution in [-0.2, 0) is 6.42 Å². The number of rotatable bonds is 5. The summed E-state index contributed by atoms with van der Waals surface area (Å²) >= 11 is 6.36. The van der Waals surface area contributed by atoms with Gasteiger partial charge in [0.2, 0.25) is 0 Å². The first-order valence-corrected chi connectivity index (χ1v) is 7.13. The topological polar surface area (TPSA) is 35.2 Å². The fraction of sp³-hybridized carbons (Fsp3) is 0.375. The smallest absolute Gasteiger partial charge is 0.130 e. The quantitative estimate of drug-likeness (QED) is 0.876. The average molecular weight is 314 g/mol. The van der Waals surface area contributed by atoms with Crippen LogP contribution in [0.25, 0.3) is 10.8 Å². The highest BCUT2D eigenvalue weighted by atomic mass is 35.5. The van der Waals surface area contributed by atoms with Crippen molar-refractivity contribution in [2.75, 3.05) is 6.61 Å². The van der Waals surface area contributed by atoms with Gasteiger partial charge in [-0.15, -0.1) is 12.4 Å². The molecule has 2 rings (SSSR count). The Hall–Kier alpha value is -0.960. The van der Waals surface area contributed by atoms with Gasteiger partial charge in [0, 0.05) is 21.8 Å². The predicted octanol–water partition coefficient (Wildman–Crippen LogP) is 4.59. The molecular formula is C16H21Cl2NO. The molecule has 1 unspecified atom stereocenters. The van der Waals surface area contributed by atoms with Gasteiger partial charge in [0.1, 0.15) is 5.75 Å². The molecule has 110 valence electrons. The molecule has 0 heterocycles. The summed E-state index contributed by atoms with van der Waals surface area (Å²) in [6.45, 7) is 4.72. The van der Waals surface area contributed by atoms with Gasteiger partial charge in [-0.2, -0.15) is 0 Å². The van der Waals surface area contributed by atoms with Gasteiger partial charge < -0.3 is 10.5 Å². The van der Waals surface area contributed by atoms with E-state index in [-0.39, 0.29) is 18.4 Å². The Kier molecular flexibility index (Phi) is 6.60. The summed E-state index contributed by atoms with van der Waals surface area (Å²) in [6.07, 6.45) is 1.73. The van der Waals surface area contributed by atoms with Crippen LogP contribution < -0.4 is 10.5 Å². The first-order valence-electron chi connectivity index (χ1n) is 6.75. The second-order valence-corrected chi connectivity index (χ2v) is 5.10. The lowest BCUT2D eigenvalue weighted by molar-refractivity contribution is 0.339. The first-order chi connectivity index (χ1) is 9.17. The van der Waals surface area contributed by atoms with Crippen molar-refractivity contribution >= 4 is 34.8 Å². The number of nitrogens with two attached hydrogens (primary N) is 1. The molecule has 0 aliphatic carbocycles. The van der Waals surface area contributed by atoms with E-state index in [1.807, 2.05) is 37.3 Å². The van der Waals surface area contributed by atoms with Gasteiger partial charge in [0.25, 0.3) is 0 Å². The maximum atomic E-state index is 6.36. The average Bonchev–Trinajstić information content (AvgIpc) is 2.43. The summed E-state index contributed by atoms with van der Waals surface area (Å²) in [4.78, 5) is 0. The molecule has 2 N–H and O–H groups in total. The van der Waals surface area contributed by atoms with Crippen LogP contribution in [0, 0.1) is 0 Å². The van der Waals surface area contributed by atoms with Crippen LogP contribution in [0.15, 0.2) is 30.3 Å². The maximum Gasteiger partial charge on any atom is 0.130 e. The highest BCUT2D eigenvalue weighted by Gasteiger charge is 2.14. The molecular weight excluding hydrogens is 293 g/mol. The van der Waals surface area contributed by atoms with E-state index in [0.717, 1.165) is 39.9 Å². The number of hydrogen-bond donors (Lipinski definition) is 1. The van der Waals surface area contributed by atoms with Crippen LogP contribution in [0.4, 0.5) is 0 Å². The lowest BCUT2D eigenvalue weighted by Crippen LogP contribution is -2.21. The van der Waals surface area contributed by atoms with Crippen molar-refractivity contribution in [1.29, 1.82) is 0 Å². The zero-order valence-corrected chi connectivity index (χ0v) is 13.4. The van der Waals surface area contributed by atoms with Crippen molar-refractivity contribution in [2.24, 2.45) is 5.73 Å². The lowest BCUT2D eigenvalue weighted by Gasteiger charge is -2.17. The van der Waals surface area contributed by atoms with Gasteiger partial charge in [-0.05, 0) is 31.4 Å². The number of benzene rings is 2. The van der Waals surface area contributed by atoms with E-state index in [1.54, 1.807) is 0 Å². The summed E-state index contributed by atoms with van der Waals surface area (Å²) < 4.78 is 5.84. The highest BCUT2D eigenvalue weighted by molar-refractivity contribution is 6.35. The van der Waals surface area contributed by atoms with Gasteiger partial charge in [0.15, 0.2) is 0 Å². The Morgan fingerprint density at radius 2 is 1.85 bits per heavy atom. The number of hydrogen-bond acceptors (Lipinski definition) is 2. The second-order valence-electron chi connectivity index (χ2n) is 4.70. The molecule has 0 fully saturated rings. The van der Waals surface area contributed by atoms with Gasteiger partial charge in [0.05, 0.1) is 6.61 Å². The predicted molar refractivity (Wildman–Crippen MR) is 89.3 cm³/mol. The van der Waals surface area contributed by atoms with Crippen LogP contribution in [0.3, 0.4) is 0 Å². The van der Waals surface area contributed by atoms with E-state index in [2.05, 4.69) is 6.92 Å². The minimum Gasteiger partial charge on any atom is -0.493 e. The summed E-state index contributed by atoms with van der Waals surface area (Å²) in [5, 5.41) is 2.86. The van der Waals surface area contributed by atoms with Crippen molar-refractivity contribution in [3.8, 4) is 5.75 Å². The fourth-order valence-electron chi connectivity index (χ4n) is 2.25. The monoisotopic (exact) mass is 313 g/mol. The van der Waals surface area contributed by atoms with Crippen molar-refractivity contribution in [3.05, 3.63) is 40.9 Å². The van der Waals surface area contributed by atoms with Crippen LogP contribution in [0.1, 0.15) is 25.8 Å². The molecule has 0 saturated heterocycles. The first kappa shape index (κ1) is 17.1. The van der Waals surface area contributed by atoms with E-state index in [9.17, 15) is 0 Å². The molecule has 0 bridgehead atoms. The molecule has 2 nitrogen and oxygen atoms in total. The minimum absolute atomic E-state index is 0. The van der Waals surface area contributed by atoms with E-state index < -0.39 is 0 Å². The van der Waals surface area contributed by atoms with Crippen LogP contribution in [-0.4, -0.2) is 12.6 Å².